The Kier molecular flexibility index (Phi) is 6.05. The molecule has 1 aromatic carbocycles. The maximum absolute atomic E-state index is 13.8. The van der Waals surface area contributed by atoms with E-state index in [0.29, 0.717) is 36.7 Å². The van der Waals surface area contributed by atoms with E-state index < -0.39 is 17.6 Å². The highest BCUT2D eigenvalue weighted by molar-refractivity contribution is 5.61. The van der Waals surface area contributed by atoms with Crippen molar-refractivity contribution in [3.05, 3.63) is 53.7 Å². The molecular formula is C21H18F4N6O. The lowest BCUT2D eigenvalue weighted by Crippen LogP contribution is -2.28. The van der Waals surface area contributed by atoms with Gasteiger partial charge in [0.05, 0.1) is 29.9 Å². The molecule has 166 valence electrons. The Labute approximate surface area is 180 Å². The minimum absolute atomic E-state index is 0.0421. The number of imidazole rings is 1. The predicted octanol–water partition coefficient (Wildman–Crippen LogP) is 4.14. The van der Waals surface area contributed by atoms with Crippen LogP contribution in [0.3, 0.4) is 0 Å². The monoisotopic (exact) mass is 446 g/mol. The average Bonchev–Trinajstić information content (AvgIpc) is 3.18. The van der Waals surface area contributed by atoms with Gasteiger partial charge in [-0.05, 0) is 37.1 Å². The summed E-state index contributed by atoms with van der Waals surface area (Å²) in [5.41, 5.74) is -0.924. The number of hydrogen-bond acceptors (Lipinski definition) is 6. The van der Waals surface area contributed by atoms with Crippen LogP contribution in [0, 0.1) is 17.1 Å². The fourth-order valence-corrected chi connectivity index (χ4v) is 3.50. The fourth-order valence-electron chi connectivity index (χ4n) is 3.50. The van der Waals surface area contributed by atoms with Gasteiger partial charge >= 0.3 is 6.18 Å². The number of alkyl halides is 3. The van der Waals surface area contributed by atoms with Crippen molar-refractivity contribution in [2.45, 2.75) is 31.5 Å². The number of nitrogens with zero attached hydrogens (tertiary/aromatic N) is 5. The minimum Gasteiger partial charge on any atom is -0.381 e. The van der Waals surface area contributed by atoms with Crippen LogP contribution in [0.4, 0.5) is 23.5 Å². The van der Waals surface area contributed by atoms with Crippen LogP contribution in [-0.2, 0) is 17.3 Å². The Bertz CT molecular complexity index is 1150. The highest BCUT2D eigenvalue weighted by Crippen LogP contribution is 2.34. The average molecular weight is 446 g/mol. The van der Waals surface area contributed by atoms with Crippen molar-refractivity contribution >= 4 is 5.95 Å². The molecule has 2 aromatic heterocycles. The lowest BCUT2D eigenvalue weighted by molar-refractivity contribution is -0.139. The smallest absolute Gasteiger partial charge is 0.381 e. The number of aromatic nitrogens is 4. The third-order valence-corrected chi connectivity index (χ3v) is 5.05. The van der Waals surface area contributed by atoms with Gasteiger partial charge in [0.25, 0.3) is 0 Å². The van der Waals surface area contributed by atoms with Gasteiger partial charge in [0, 0.05) is 31.0 Å². The number of nitrogens with one attached hydrogen (secondary N) is 1. The zero-order valence-electron chi connectivity index (χ0n) is 16.7. The van der Waals surface area contributed by atoms with E-state index in [9.17, 15) is 22.8 Å². The molecule has 0 atom stereocenters. The second-order valence-electron chi connectivity index (χ2n) is 7.21. The maximum Gasteiger partial charge on any atom is 0.419 e. The summed E-state index contributed by atoms with van der Waals surface area (Å²) < 4.78 is 60.3. The molecule has 1 aliphatic rings. The normalized spacial score (nSPS) is 14.8. The number of nitriles is 1. The van der Waals surface area contributed by atoms with E-state index >= 15 is 0 Å². The number of rotatable bonds is 5. The zero-order chi connectivity index (χ0) is 22.7. The maximum atomic E-state index is 13.8. The van der Waals surface area contributed by atoms with Crippen LogP contribution in [0.15, 0.2) is 36.7 Å². The van der Waals surface area contributed by atoms with E-state index in [0.717, 1.165) is 18.9 Å². The predicted molar refractivity (Wildman–Crippen MR) is 106 cm³/mol. The molecule has 32 heavy (non-hydrogen) atoms. The third kappa shape index (κ3) is 4.55. The van der Waals surface area contributed by atoms with E-state index in [-0.39, 0.29) is 23.9 Å². The molecular weight excluding hydrogens is 428 g/mol. The first-order valence-corrected chi connectivity index (χ1v) is 9.85. The van der Waals surface area contributed by atoms with Crippen LogP contribution in [0.2, 0.25) is 0 Å². The van der Waals surface area contributed by atoms with Gasteiger partial charge in [0.2, 0.25) is 5.95 Å². The van der Waals surface area contributed by atoms with Gasteiger partial charge in [-0.1, -0.05) is 0 Å². The Morgan fingerprint density at radius 3 is 2.69 bits per heavy atom. The standard InChI is InChI=1S/C21H18F4N6O/c22-17-2-1-13(11-16(17)21(23,24)25)19-28-12-15(3-7-26)31(19)18-4-8-27-20(30-18)29-14-5-9-32-10-6-14/h1-2,4,8,11-12,14H,3,5-6,9-10H2,(H,27,29,30). The van der Waals surface area contributed by atoms with Crippen molar-refractivity contribution in [3.63, 3.8) is 0 Å². The first kappa shape index (κ1) is 21.7. The molecule has 0 spiro atoms. The summed E-state index contributed by atoms with van der Waals surface area (Å²) in [6.07, 6.45) is -0.423. The summed E-state index contributed by atoms with van der Waals surface area (Å²) >= 11 is 0. The molecule has 0 radical (unpaired) electrons. The van der Waals surface area contributed by atoms with E-state index in [4.69, 9.17) is 4.74 Å². The number of hydrogen-bond donors (Lipinski definition) is 1. The lowest BCUT2D eigenvalue weighted by Gasteiger charge is -2.23. The van der Waals surface area contributed by atoms with Crippen molar-refractivity contribution < 1.29 is 22.3 Å². The Morgan fingerprint density at radius 1 is 1.19 bits per heavy atom. The quantitative estimate of drug-likeness (QED) is 0.593. The Balaban J connectivity index is 1.76. The number of halogens is 4. The molecule has 7 nitrogen and oxygen atoms in total. The molecule has 3 heterocycles. The lowest BCUT2D eigenvalue weighted by atomic mass is 10.1. The molecule has 3 aromatic rings. The van der Waals surface area contributed by atoms with Crippen molar-refractivity contribution in [1.82, 2.24) is 19.5 Å². The molecule has 11 heteroatoms. The van der Waals surface area contributed by atoms with Gasteiger partial charge in [-0.2, -0.15) is 23.4 Å². The van der Waals surface area contributed by atoms with Gasteiger partial charge in [-0.25, -0.2) is 14.4 Å². The van der Waals surface area contributed by atoms with Crippen LogP contribution in [0.25, 0.3) is 17.2 Å². The minimum atomic E-state index is -4.86. The molecule has 1 aliphatic heterocycles. The molecule has 1 N–H and O–H groups in total. The van der Waals surface area contributed by atoms with Crippen LogP contribution >= 0.6 is 0 Å². The van der Waals surface area contributed by atoms with Gasteiger partial charge < -0.3 is 10.1 Å². The van der Waals surface area contributed by atoms with Crippen LogP contribution < -0.4 is 5.32 Å². The largest absolute Gasteiger partial charge is 0.419 e. The molecule has 0 aliphatic carbocycles. The summed E-state index contributed by atoms with van der Waals surface area (Å²) in [5.74, 6) is -0.602. The topological polar surface area (TPSA) is 88.7 Å². The Hall–Kier alpha value is -3.52. The molecule has 0 bridgehead atoms. The number of anilines is 1. The van der Waals surface area contributed by atoms with E-state index in [1.54, 1.807) is 6.07 Å². The number of benzene rings is 1. The van der Waals surface area contributed by atoms with Crippen LogP contribution in [-0.4, -0.2) is 38.8 Å². The summed E-state index contributed by atoms with van der Waals surface area (Å²) in [5, 5.41) is 12.4. The van der Waals surface area contributed by atoms with Crippen molar-refractivity contribution in [1.29, 1.82) is 5.26 Å². The van der Waals surface area contributed by atoms with Crippen molar-refractivity contribution in [2.24, 2.45) is 0 Å². The molecule has 0 amide bonds. The van der Waals surface area contributed by atoms with Gasteiger partial charge in [0.1, 0.15) is 17.5 Å². The first-order valence-electron chi connectivity index (χ1n) is 9.85. The summed E-state index contributed by atoms with van der Waals surface area (Å²) in [4.78, 5) is 12.9. The summed E-state index contributed by atoms with van der Waals surface area (Å²) in [6.45, 7) is 1.25. The zero-order valence-corrected chi connectivity index (χ0v) is 16.7. The van der Waals surface area contributed by atoms with Crippen LogP contribution in [0.1, 0.15) is 24.1 Å². The fraction of sp³-hybridized carbons (Fsp3) is 0.333. The van der Waals surface area contributed by atoms with E-state index in [1.165, 1.54) is 23.0 Å². The SMILES string of the molecule is N#CCc1cnc(-c2ccc(F)c(C(F)(F)F)c2)n1-c1ccnc(NC2CCOCC2)n1. The molecule has 1 fully saturated rings. The van der Waals surface area contributed by atoms with Gasteiger partial charge in [0.15, 0.2) is 0 Å². The second-order valence-corrected chi connectivity index (χ2v) is 7.21. The molecule has 0 unspecified atom stereocenters. The number of ether oxygens (including phenoxy) is 1. The van der Waals surface area contributed by atoms with Crippen molar-refractivity contribution in [2.75, 3.05) is 18.5 Å². The molecule has 1 saturated heterocycles. The van der Waals surface area contributed by atoms with E-state index in [2.05, 4.69) is 20.3 Å². The highest BCUT2D eigenvalue weighted by Gasteiger charge is 2.34. The molecule has 4 rings (SSSR count). The van der Waals surface area contributed by atoms with Crippen molar-refractivity contribution in [3.8, 4) is 23.3 Å². The van der Waals surface area contributed by atoms with E-state index in [1.807, 2.05) is 6.07 Å². The second kappa shape index (κ2) is 8.92. The first-order chi connectivity index (χ1) is 15.4. The summed E-state index contributed by atoms with van der Waals surface area (Å²) in [6, 6.07) is 6.37. The molecule has 0 saturated carbocycles. The third-order valence-electron chi connectivity index (χ3n) is 5.05. The highest BCUT2D eigenvalue weighted by atomic mass is 19.4. The summed E-state index contributed by atoms with van der Waals surface area (Å²) in [7, 11) is 0. The van der Waals surface area contributed by atoms with Gasteiger partial charge in [-0.15, -0.1) is 0 Å². The van der Waals surface area contributed by atoms with Crippen LogP contribution in [0.5, 0.6) is 0 Å². The van der Waals surface area contributed by atoms with Gasteiger partial charge in [-0.3, -0.25) is 4.57 Å². The Morgan fingerprint density at radius 2 is 1.97 bits per heavy atom.